The van der Waals surface area contributed by atoms with Gasteiger partial charge in [0.1, 0.15) is 24.0 Å². The summed E-state index contributed by atoms with van der Waals surface area (Å²) in [7, 11) is 1.28. The minimum absolute atomic E-state index is 0.0789. The van der Waals surface area contributed by atoms with Crippen molar-refractivity contribution in [1.82, 2.24) is 0 Å². The molecule has 0 aromatic heterocycles. The highest BCUT2D eigenvalue weighted by Gasteiger charge is 2.11. The maximum atomic E-state index is 12.3. The van der Waals surface area contributed by atoms with Crippen LogP contribution in [-0.2, 0) is 9.53 Å². The van der Waals surface area contributed by atoms with Crippen LogP contribution < -0.4 is 10.1 Å². The van der Waals surface area contributed by atoms with E-state index in [1.165, 1.54) is 37.5 Å². The van der Waals surface area contributed by atoms with Gasteiger partial charge in [0.25, 0.3) is 5.91 Å². The summed E-state index contributed by atoms with van der Waals surface area (Å²) in [5.74, 6) is 1.66. The minimum Gasteiger partial charge on any atom is -0.479 e. The first-order chi connectivity index (χ1) is 13.5. The fourth-order valence-electron chi connectivity index (χ4n) is 2.16. The molecule has 0 atom stereocenters. The van der Waals surface area contributed by atoms with Crippen LogP contribution in [0, 0.1) is 23.7 Å². The number of terminal acetylenes is 1. The molecule has 0 aliphatic carbocycles. The number of rotatable bonds is 6. The van der Waals surface area contributed by atoms with Gasteiger partial charge in [-0.25, -0.2) is 4.79 Å². The Bertz CT molecular complexity index is 999. The number of esters is 1. The van der Waals surface area contributed by atoms with Crippen molar-refractivity contribution in [2.45, 2.75) is 0 Å². The third-order valence-electron chi connectivity index (χ3n) is 3.51. The second-order valence-corrected chi connectivity index (χ2v) is 5.78. The number of carbonyl (C=O) groups excluding carboxylic acids is 2. The smallest absolute Gasteiger partial charge is 0.337 e. The van der Waals surface area contributed by atoms with Gasteiger partial charge in [-0.05, 0) is 48.0 Å². The van der Waals surface area contributed by atoms with E-state index in [4.69, 9.17) is 22.8 Å². The molecule has 0 aliphatic heterocycles. The number of nitrogens with zero attached hydrogens (tertiary/aromatic N) is 1. The summed E-state index contributed by atoms with van der Waals surface area (Å²) in [6.45, 7) is 0.0789. The predicted octanol–water partition coefficient (Wildman–Crippen LogP) is 3.68. The van der Waals surface area contributed by atoms with Crippen LogP contribution in [0.2, 0.25) is 5.02 Å². The molecule has 0 heterocycles. The van der Waals surface area contributed by atoms with Gasteiger partial charge in [-0.3, -0.25) is 4.79 Å². The second kappa shape index (κ2) is 9.82. The summed E-state index contributed by atoms with van der Waals surface area (Å²) in [5.41, 5.74) is 1.20. The van der Waals surface area contributed by atoms with Crippen molar-refractivity contribution in [3.8, 4) is 24.2 Å². The van der Waals surface area contributed by atoms with E-state index in [2.05, 4.69) is 16.0 Å². The Kier molecular flexibility index (Phi) is 7.21. The van der Waals surface area contributed by atoms with E-state index in [1.54, 1.807) is 18.2 Å². The van der Waals surface area contributed by atoms with Gasteiger partial charge in [-0.1, -0.05) is 23.6 Å². The Morgan fingerprint density at radius 2 is 1.96 bits per heavy atom. The highest BCUT2D eigenvalue weighted by molar-refractivity contribution is 6.32. The third kappa shape index (κ3) is 5.38. The number of amides is 1. The monoisotopic (exact) mass is 394 g/mol. The molecule has 0 spiro atoms. The first-order valence-corrected chi connectivity index (χ1v) is 8.33. The number of ether oxygens (including phenoxy) is 2. The molecule has 6 nitrogen and oxygen atoms in total. The normalized spacial score (nSPS) is 10.4. The zero-order chi connectivity index (χ0) is 20.5. The van der Waals surface area contributed by atoms with Crippen LogP contribution in [0.3, 0.4) is 0 Å². The number of hydrogen-bond acceptors (Lipinski definition) is 5. The molecule has 0 aliphatic rings. The van der Waals surface area contributed by atoms with E-state index in [1.807, 2.05) is 6.07 Å². The number of carbonyl (C=O) groups is 2. The maximum Gasteiger partial charge on any atom is 0.337 e. The summed E-state index contributed by atoms with van der Waals surface area (Å²) in [4.78, 5) is 23.8. The lowest BCUT2D eigenvalue weighted by Gasteiger charge is -2.07. The molecule has 28 heavy (non-hydrogen) atoms. The van der Waals surface area contributed by atoms with Gasteiger partial charge >= 0.3 is 5.97 Å². The minimum atomic E-state index is -0.600. The number of halogens is 1. The molecule has 1 N–H and O–H groups in total. The average Bonchev–Trinajstić information content (AvgIpc) is 2.71. The van der Waals surface area contributed by atoms with E-state index in [0.29, 0.717) is 27.6 Å². The van der Waals surface area contributed by atoms with Gasteiger partial charge in [0, 0.05) is 5.69 Å². The largest absolute Gasteiger partial charge is 0.479 e. The highest BCUT2D eigenvalue weighted by Crippen LogP contribution is 2.26. The Morgan fingerprint density at radius 1 is 1.25 bits per heavy atom. The Labute approximate surface area is 167 Å². The van der Waals surface area contributed by atoms with E-state index < -0.39 is 11.9 Å². The summed E-state index contributed by atoms with van der Waals surface area (Å²) >= 11 is 6.11. The predicted molar refractivity (Wildman–Crippen MR) is 106 cm³/mol. The molecule has 140 valence electrons. The van der Waals surface area contributed by atoms with Crippen molar-refractivity contribution in [2.75, 3.05) is 19.0 Å². The lowest BCUT2D eigenvalue weighted by molar-refractivity contribution is -0.112. The lowest BCUT2D eigenvalue weighted by atomic mass is 10.1. The Morgan fingerprint density at radius 3 is 2.54 bits per heavy atom. The topological polar surface area (TPSA) is 88.4 Å². The Hall–Kier alpha value is -3.74. The fraction of sp³-hybridized carbons (Fsp3) is 0.0952. The van der Waals surface area contributed by atoms with Gasteiger partial charge in [0.2, 0.25) is 0 Å². The fourth-order valence-corrected chi connectivity index (χ4v) is 2.41. The molecule has 2 rings (SSSR count). The molecular weight excluding hydrogens is 380 g/mol. The summed E-state index contributed by atoms with van der Waals surface area (Å²) in [6.07, 6.45) is 6.53. The number of anilines is 1. The van der Waals surface area contributed by atoms with Crippen LogP contribution in [0.1, 0.15) is 15.9 Å². The zero-order valence-corrected chi connectivity index (χ0v) is 15.6. The molecule has 0 unspecified atom stereocenters. The third-order valence-corrected chi connectivity index (χ3v) is 3.80. The van der Waals surface area contributed by atoms with E-state index in [9.17, 15) is 14.9 Å². The van der Waals surface area contributed by atoms with Crippen LogP contribution in [0.5, 0.6) is 5.75 Å². The van der Waals surface area contributed by atoms with Gasteiger partial charge in [-0.15, -0.1) is 6.42 Å². The molecule has 0 saturated carbocycles. The lowest BCUT2D eigenvalue weighted by Crippen LogP contribution is -2.13. The molecule has 0 radical (unpaired) electrons. The SMILES string of the molecule is C#CCOc1ccc(/C=C(\C#N)C(=O)Nc2ccc(C(=O)OC)cc2)cc1Cl. The molecule has 2 aromatic rings. The van der Waals surface area contributed by atoms with E-state index >= 15 is 0 Å². The molecule has 0 saturated heterocycles. The molecule has 0 fully saturated rings. The molecule has 1 amide bonds. The van der Waals surface area contributed by atoms with Gasteiger partial charge in [0.15, 0.2) is 0 Å². The van der Waals surface area contributed by atoms with Crippen LogP contribution in [0.15, 0.2) is 48.0 Å². The van der Waals surface area contributed by atoms with Crippen LogP contribution in [0.25, 0.3) is 6.08 Å². The Balaban J connectivity index is 2.15. The number of methoxy groups -OCH3 is 1. The standard InChI is InChI=1S/C21H15ClN2O4/c1-3-10-28-19-9-4-14(12-18(19)22)11-16(13-23)20(25)24-17-7-5-15(6-8-17)21(26)27-2/h1,4-9,11-12H,10H2,2H3,(H,24,25)/b16-11+. The quantitative estimate of drug-likeness (QED) is 0.349. The summed E-state index contributed by atoms with van der Waals surface area (Å²) in [5, 5.41) is 12.2. The summed E-state index contributed by atoms with van der Waals surface area (Å²) < 4.78 is 9.88. The van der Waals surface area contributed by atoms with Crippen molar-refractivity contribution in [3.05, 3.63) is 64.2 Å². The van der Waals surface area contributed by atoms with E-state index in [0.717, 1.165) is 0 Å². The van der Waals surface area contributed by atoms with Crippen LogP contribution >= 0.6 is 11.6 Å². The zero-order valence-electron chi connectivity index (χ0n) is 14.9. The van der Waals surface area contributed by atoms with Crippen molar-refractivity contribution in [1.29, 1.82) is 5.26 Å². The number of nitrogens with one attached hydrogen (secondary N) is 1. The maximum absolute atomic E-state index is 12.3. The first-order valence-electron chi connectivity index (χ1n) is 7.95. The average molecular weight is 395 g/mol. The van der Waals surface area contributed by atoms with Crippen molar-refractivity contribution in [2.24, 2.45) is 0 Å². The van der Waals surface area contributed by atoms with Crippen molar-refractivity contribution >= 4 is 35.2 Å². The second-order valence-electron chi connectivity index (χ2n) is 5.38. The number of hydrogen-bond donors (Lipinski definition) is 1. The first kappa shape index (κ1) is 20.6. The van der Waals surface area contributed by atoms with Gasteiger partial charge in [-0.2, -0.15) is 5.26 Å². The molecular formula is C21H15ClN2O4. The van der Waals surface area contributed by atoms with Crippen molar-refractivity contribution < 1.29 is 19.1 Å². The van der Waals surface area contributed by atoms with E-state index in [-0.39, 0.29) is 12.2 Å². The molecule has 2 aromatic carbocycles. The molecule has 7 heteroatoms. The molecule has 0 bridgehead atoms. The van der Waals surface area contributed by atoms with Gasteiger partial charge < -0.3 is 14.8 Å². The van der Waals surface area contributed by atoms with Crippen LogP contribution in [0.4, 0.5) is 5.69 Å². The number of nitriles is 1. The highest BCUT2D eigenvalue weighted by atomic mass is 35.5. The van der Waals surface area contributed by atoms with Gasteiger partial charge in [0.05, 0.1) is 17.7 Å². The number of benzene rings is 2. The van der Waals surface area contributed by atoms with Crippen molar-refractivity contribution in [3.63, 3.8) is 0 Å². The van der Waals surface area contributed by atoms with Crippen LogP contribution in [-0.4, -0.2) is 25.6 Å². The summed E-state index contributed by atoms with van der Waals surface area (Å²) in [6, 6.07) is 12.7.